The molecule has 0 aromatic carbocycles. The second-order valence-corrected chi connectivity index (χ2v) is 2.63. The molecule has 4 N–H and O–H groups in total. The van der Waals surface area contributed by atoms with Gasteiger partial charge in [0.05, 0.1) is 0 Å². The van der Waals surface area contributed by atoms with Crippen molar-refractivity contribution in [2.24, 2.45) is 5.73 Å². The van der Waals surface area contributed by atoms with E-state index >= 15 is 0 Å². The maximum absolute atomic E-state index is 10.2. The van der Waals surface area contributed by atoms with Crippen LogP contribution in [-0.4, -0.2) is 16.1 Å². The predicted molar refractivity (Wildman–Crippen MR) is 44.6 cm³/mol. The molecule has 0 radical (unpaired) electrons. The van der Waals surface area contributed by atoms with Gasteiger partial charge in [0.1, 0.15) is 0 Å². The minimum atomic E-state index is -0.773. The van der Waals surface area contributed by atoms with Gasteiger partial charge in [-0.3, -0.25) is 4.79 Å². The third kappa shape index (κ3) is 2.39. The quantitative estimate of drug-likeness (QED) is 0.612. The van der Waals surface area contributed by atoms with Gasteiger partial charge in [-0.15, -0.1) is 0 Å². The normalized spacial score (nSPS) is 10.1. The van der Waals surface area contributed by atoms with E-state index in [2.05, 4.69) is 4.98 Å². The largest absolute Gasteiger partial charge is 0.481 e. The van der Waals surface area contributed by atoms with Crippen molar-refractivity contribution < 1.29 is 9.90 Å². The first-order valence-corrected chi connectivity index (χ1v) is 3.80. The molecule has 0 aliphatic rings. The van der Waals surface area contributed by atoms with Gasteiger partial charge in [-0.1, -0.05) is 0 Å². The standard InChI is InChI=1S/C8H12N2O2/c9-4-7-3-6(5-10-7)1-2-8(11)12/h3,5,10H,1-2,4,9H2,(H,11,12). The summed E-state index contributed by atoms with van der Waals surface area (Å²) in [5.74, 6) is -0.773. The van der Waals surface area contributed by atoms with Crippen molar-refractivity contribution in [2.75, 3.05) is 0 Å². The molecule has 0 amide bonds. The number of H-pyrrole nitrogens is 1. The van der Waals surface area contributed by atoms with Gasteiger partial charge in [0.2, 0.25) is 0 Å². The zero-order chi connectivity index (χ0) is 8.97. The number of aliphatic carboxylic acids is 1. The second kappa shape index (κ2) is 3.92. The SMILES string of the molecule is NCc1cc(CCC(=O)O)c[nH]1. The molecule has 0 aliphatic heterocycles. The van der Waals surface area contributed by atoms with Gasteiger partial charge in [0, 0.05) is 24.9 Å². The van der Waals surface area contributed by atoms with Crippen LogP contribution in [0.1, 0.15) is 17.7 Å². The van der Waals surface area contributed by atoms with Crippen LogP contribution in [0.2, 0.25) is 0 Å². The van der Waals surface area contributed by atoms with Gasteiger partial charge >= 0.3 is 5.97 Å². The Balaban J connectivity index is 2.47. The van der Waals surface area contributed by atoms with Crippen molar-refractivity contribution in [1.29, 1.82) is 0 Å². The second-order valence-electron chi connectivity index (χ2n) is 2.63. The molecule has 1 heterocycles. The van der Waals surface area contributed by atoms with E-state index in [4.69, 9.17) is 10.8 Å². The number of hydrogen-bond acceptors (Lipinski definition) is 2. The first kappa shape index (κ1) is 8.80. The topological polar surface area (TPSA) is 79.1 Å². The summed E-state index contributed by atoms with van der Waals surface area (Å²) >= 11 is 0. The van der Waals surface area contributed by atoms with E-state index < -0.39 is 5.97 Å². The Kier molecular flexibility index (Phi) is 2.88. The van der Waals surface area contributed by atoms with Crippen LogP contribution >= 0.6 is 0 Å². The zero-order valence-electron chi connectivity index (χ0n) is 6.71. The van der Waals surface area contributed by atoms with Crippen LogP contribution in [-0.2, 0) is 17.8 Å². The van der Waals surface area contributed by atoms with Gasteiger partial charge in [-0.05, 0) is 18.1 Å². The molecule has 4 heteroatoms. The highest BCUT2D eigenvalue weighted by molar-refractivity contribution is 5.67. The molecule has 4 nitrogen and oxygen atoms in total. The number of rotatable bonds is 4. The van der Waals surface area contributed by atoms with Crippen LogP contribution in [0.15, 0.2) is 12.3 Å². The molecular formula is C8H12N2O2. The minimum Gasteiger partial charge on any atom is -0.481 e. The van der Waals surface area contributed by atoms with E-state index in [-0.39, 0.29) is 6.42 Å². The van der Waals surface area contributed by atoms with Gasteiger partial charge in [-0.25, -0.2) is 0 Å². The number of aromatic amines is 1. The molecule has 0 unspecified atom stereocenters. The number of aromatic nitrogens is 1. The van der Waals surface area contributed by atoms with Crippen molar-refractivity contribution >= 4 is 5.97 Å². The molecule has 0 saturated carbocycles. The van der Waals surface area contributed by atoms with Crippen LogP contribution in [0, 0.1) is 0 Å². The number of carboxylic acids is 1. The number of aryl methyl sites for hydroxylation is 1. The van der Waals surface area contributed by atoms with Crippen LogP contribution in [0.4, 0.5) is 0 Å². The summed E-state index contributed by atoms with van der Waals surface area (Å²) in [6, 6.07) is 1.89. The number of carboxylic acid groups (broad SMARTS) is 1. The molecule has 0 atom stereocenters. The Bertz CT molecular complexity index is 268. The summed E-state index contributed by atoms with van der Waals surface area (Å²) in [7, 11) is 0. The third-order valence-electron chi connectivity index (χ3n) is 1.65. The van der Waals surface area contributed by atoms with Crippen LogP contribution in [0.3, 0.4) is 0 Å². The van der Waals surface area contributed by atoms with Gasteiger partial charge < -0.3 is 15.8 Å². The smallest absolute Gasteiger partial charge is 0.303 e. The lowest BCUT2D eigenvalue weighted by molar-refractivity contribution is -0.136. The van der Waals surface area contributed by atoms with Gasteiger partial charge in [0.15, 0.2) is 0 Å². The first-order chi connectivity index (χ1) is 5.72. The summed E-state index contributed by atoms with van der Waals surface area (Å²) in [4.78, 5) is 13.2. The lowest BCUT2D eigenvalue weighted by Gasteiger charge is -1.90. The molecule has 1 rings (SSSR count). The molecule has 12 heavy (non-hydrogen) atoms. The third-order valence-corrected chi connectivity index (χ3v) is 1.65. The Morgan fingerprint density at radius 3 is 2.92 bits per heavy atom. The average molecular weight is 168 g/mol. The number of nitrogens with one attached hydrogen (secondary N) is 1. The van der Waals surface area contributed by atoms with E-state index in [9.17, 15) is 4.79 Å². The molecule has 1 aromatic heterocycles. The van der Waals surface area contributed by atoms with E-state index in [1.165, 1.54) is 0 Å². The Morgan fingerprint density at radius 2 is 2.42 bits per heavy atom. The summed E-state index contributed by atoms with van der Waals surface area (Å²) in [5, 5.41) is 8.40. The fourth-order valence-corrected chi connectivity index (χ4v) is 1.01. The van der Waals surface area contributed by atoms with Crippen molar-refractivity contribution in [3.05, 3.63) is 23.5 Å². The lowest BCUT2D eigenvalue weighted by atomic mass is 10.2. The highest BCUT2D eigenvalue weighted by Gasteiger charge is 2.00. The molecule has 66 valence electrons. The lowest BCUT2D eigenvalue weighted by Crippen LogP contribution is -1.96. The van der Waals surface area contributed by atoms with Crippen molar-refractivity contribution in [3.63, 3.8) is 0 Å². The predicted octanol–water partition coefficient (Wildman–Crippen LogP) is 0.491. The molecule has 0 spiro atoms. The van der Waals surface area contributed by atoms with Crippen LogP contribution < -0.4 is 5.73 Å². The fraction of sp³-hybridized carbons (Fsp3) is 0.375. The van der Waals surface area contributed by atoms with Gasteiger partial charge in [-0.2, -0.15) is 0 Å². The molecule has 0 saturated heterocycles. The fourth-order valence-electron chi connectivity index (χ4n) is 1.01. The number of nitrogens with two attached hydrogens (primary N) is 1. The maximum atomic E-state index is 10.2. The number of carbonyl (C=O) groups is 1. The highest BCUT2D eigenvalue weighted by atomic mass is 16.4. The van der Waals surface area contributed by atoms with E-state index in [1.807, 2.05) is 6.07 Å². The Labute approximate surface area is 70.4 Å². The molecular weight excluding hydrogens is 156 g/mol. The monoisotopic (exact) mass is 168 g/mol. The average Bonchev–Trinajstić information content (AvgIpc) is 2.48. The van der Waals surface area contributed by atoms with Crippen molar-refractivity contribution in [3.8, 4) is 0 Å². The van der Waals surface area contributed by atoms with Gasteiger partial charge in [0.25, 0.3) is 0 Å². The molecule has 0 bridgehead atoms. The summed E-state index contributed by atoms with van der Waals surface area (Å²) in [6.45, 7) is 0.465. The van der Waals surface area contributed by atoms with Crippen LogP contribution in [0.25, 0.3) is 0 Å². The van der Waals surface area contributed by atoms with E-state index in [0.717, 1.165) is 11.3 Å². The minimum absolute atomic E-state index is 0.169. The summed E-state index contributed by atoms with van der Waals surface area (Å²) in [6.07, 6.45) is 2.53. The number of hydrogen-bond donors (Lipinski definition) is 3. The van der Waals surface area contributed by atoms with Crippen LogP contribution in [0.5, 0.6) is 0 Å². The zero-order valence-corrected chi connectivity index (χ0v) is 6.71. The Hall–Kier alpha value is -1.29. The highest BCUT2D eigenvalue weighted by Crippen LogP contribution is 2.05. The van der Waals surface area contributed by atoms with E-state index in [0.29, 0.717) is 13.0 Å². The molecule has 0 fully saturated rings. The first-order valence-electron chi connectivity index (χ1n) is 3.80. The van der Waals surface area contributed by atoms with Crippen molar-refractivity contribution in [1.82, 2.24) is 4.98 Å². The maximum Gasteiger partial charge on any atom is 0.303 e. The summed E-state index contributed by atoms with van der Waals surface area (Å²) < 4.78 is 0. The molecule has 1 aromatic rings. The van der Waals surface area contributed by atoms with Crippen molar-refractivity contribution in [2.45, 2.75) is 19.4 Å². The Morgan fingerprint density at radius 1 is 1.67 bits per heavy atom. The van der Waals surface area contributed by atoms with E-state index in [1.54, 1.807) is 6.20 Å². The summed E-state index contributed by atoms with van der Waals surface area (Å²) in [5.41, 5.74) is 7.31. The molecule has 0 aliphatic carbocycles.